The number of hydrogen-bond donors (Lipinski definition) is 0. The minimum absolute atomic E-state index is 0.345. The molecule has 1 atom stereocenters. The van der Waals surface area contributed by atoms with Crippen LogP contribution in [-0.4, -0.2) is 19.3 Å². The molecule has 0 N–H and O–H groups in total. The van der Waals surface area contributed by atoms with Gasteiger partial charge in [0, 0.05) is 25.1 Å². The molecule has 1 aliphatic heterocycles. The molecule has 2 rings (SSSR count). The van der Waals surface area contributed by atoms with Gasteiger partial charge in [0.1, 0.15) is 18.0 Å². The van der Waals surface area contributed by atoms with Gasteiger partial charge in [-0.25, -0.2) is 4.39 Å². The number of nitrogens with zero attached hydrogens (tertiary/aromatic N) is 2. The molecule has 1 saturated heterocycles. The van der Waals surface area contributed by atoms with Crippen molar-refractivity contribution in [2.75, 3.05) is 18.0 Å². The van der Waals surface area contributed by atoms with E-state index in [-0.39, 0.29) is 0 Å². The van der Waals surface area contributed by atoms with Crippen LogP contribution in [0.25, 0.3) is 5.57 Å². The van der Waals surface area contributed by atoms with Gasteiger partial charge >= 0.3 is 0 Å². The minimum atomic E-state index is -0.822. The van der Waals surface area contributed by atoms with Crippen LogP contribution in [0.1, 0.15) is 44.7 Å². The third-order valence-corrected chi connectivity index (χ3v) is 3.95. The monoisotopic (exact) mass is 342 g/mol. The molecule has 134 valence electrons. The van der Waals surface area contributed by atoms with Gasteiger partial charge in [-0.15, -0.1) is 0 Å². The summed E-state index contributed by atoms with van der Waals surface area (Å²) in [5.41, 5.74) is 3.00. The largest absolute Gasteiger partial charge is 0.469 e. The molecule has 1 heterocycles. The summed E-state index contributed by atoms with van der Waals surface area (Å²) in [4.78, 5) is 1.92. The van der Waals surface area contributed by atoms with Crippen LogP contribution in [0.5, 0.6) is 0 Å². The summed E-state index contributed by atoms with van der Waals surface area (Å²) in [6.07, 6.45) is 3.47. The van der Waals surface area contributed by atoms with E-state index in [4.69, 9.17) is 4.74 Å². The van der Waals surface area contributed by atoms with Gasteiger partial charge in [-0.2, -0.15) is 5.26 Å². The summed E-state index contributed by atoms with van der Waals surface area (Å²) in [5.74, 6) is 0.747. The lowest BCUT2D eigenvalue weighted by atomic mass is 10.00. The van der Waals surface area contributed by atoms with Gasteiger partial charge in [-0.1, -0.05) is 46.1 Å². The molecule has 1 aromatic carbocycles. The second-order valence-electron chi connectivity index (χ2n) is 5.35. The molecule has 0 amide bonds. The first-order valence-corrected chi connectivity index (χ1v) is 8.71. The molecule has 0 bridgehead atoms. The Labute approximate surface area is 150 Å². The topological polar surface area (TPSA) is 36.3 Å². The maximum Gasteiger partial charge on any atom is 0.119 e. The Kier molecular flexibility index (Phi) is 8.49. The van der Waals surface area contributed by atoms with Crippen molar-refractivity contribution in [2.45, 2.75) is 39.8 Å². The van der Waals surface area contributed by atoms with E-state index in [9.17, 15) is 9.65 Å². The van der Waals surface area contributed by atoms with Crippen LogP contribution in [0.3, 0.4) is 0 Å². The Bertz CT molecular complexity index is 673. The maximum atomic E-state index is 13.4. The standard InChI is InChI=1S/C19H21FN2O.C2H6/c1-4-17(19(5-2)23-6-3)14-7-8-18(15(11-14)12-21)22-10-9-16(20)13-22;1-2/h4,6-8,11,16H,1,3,5,9-10,13H2,2H3;1-2H3/b19-17-;/t16-;/m1./s1. The summed E-state index contributed by atoms with van der Waals surface area (Å²) in [5, 5.41) is 9.46. The van der Waals surface area contributed by atoms with Crippen molar-refractivity contribution in [3.63, 3.8) is 0 Å². The van der Waals surface area contributed by atoms with Gasteiger partial charge in [0.25, 0.3) is 0 Å². The molecule has 3 nitrogen and oxygen atoms in total. The average Bonchev–Trinajstić information content (AvgIpc) is 3.09. The van der Waals surface area contributed by atoms with Gasteiger partial charge in [-0.05, 0) is 24.1 Å². The van der Waals surface area contributed by atoms with Crippen LogP contribution < -0.4 is 4.90 Å². The highest BCUT2D eigenvalue weighted by Crippen LogP contribution is 2.30. The van der Waals surface area contributed by atoms with Crippen LogP contribution >= 0.6 is 0 Å². The summed E-state index contributed by atoms with van der Waals surface area (Å²) in [6.45, 7) is 14.4. The van der Waals surface area contributed by atoms with E-state index >= 15 is 0 Å². The van der Waals surface area contributed by atoms with Crippen molar-refractivity contribution in [3.05, 3.63) is 60.6 Å². The molecule has 0 aliphatic carbocycles. The average molecular weight is 342 g/mol. The summed E-state index contributed by atoms with van der Waals surface area (Å²) in [7, 11) is 0. The van der Waals surface area contributed by atoms with E-state index in [1.165, 1.54) is 6.26 Å². The quantitative estimate of drug-likeness (QED) is 0.499. The van der Waals surface area contributed by atoms with Gasteiger partial charge in [0.15, 0.2) is 0 Å². The van der Waals surface area contributed by atoms with Gasteiger partial charge in [0.05, 0.1) is 17.5 Å². The van der Waals surface area contributed by atoms with E-state index in [1.807, 2.05) is 37.8 Å². The summed E-state index contributed by atoms with van der Waals surface area (Å²) < 4.78 is 18.9. The molecule has 1 aromatic rings. The van der Waals surface area contributed by atoms with E-state index in [0.29, 0.717) is 31.5 Å². The first-order valence-electron chi connectivity index (χ1n) is 8.71. The fourth-order valence-corrected chi connectivity index (χ4v) is 2.84. The lowest BCUT2D eigenvalue weighted by molar-refractivity contribution is 0.342. The number of rotatable bonds is 6. The predicted molar refractivity (Wildman–Crippen MR) is 103 cm³/mol. The molecule has 1 aliphatic rings. The number of halogens is 1. The molecule has 1 fully saturated rings. The highest BCUT2D eigenvalue weighted by Gasteiger charge is 2.24. The van der Waals surface area contributed by atoms with Crippen LogP contribution in [0.15, 0.2) is 49.5 Å². The lowest BCUT2D eigenvalue weighted by Crippen LogP contribution is -2.21. The van der Waals surface area contributed by atoms with E-state index in [2.05, 4.69) is 19.2 Å². The van der Waals surface area contributed by atoms with Crippen LogP contribution in [0.4, 0.5) is 10.1 Å². The van der Waals surface area contributed by atoms with Crippen molar-refractivity contribution >= 4 is 11.3 Å². The zero-order chi connectivity index (χ0) is 18.8. The SMILES string of the molecule is C=CO/C(CC)=C(/C=C)c1ccc(N2CC[C@@H](F)C2)c(C#N)c1.CC. The van der Waals surface area contributed by atoms with Crippen molar-refractivity contribution in [3.8, 4) is 6.07 Å². The third kappa shape index (κ3) is 4.96. The lowest BCUT2D eigenvalue weighted by Gasteiger charge is -2.20. The Morgan fingerprint density at radius 3 is 2.64 bits per heavy atom. The molecular weight excluding hydrogens is 315 g/mol. The van der Waals surface area contributed by atoms with E-state index in [0.717, 1.165) is 22.6 Å². The molecule has 0 radical (unpaired) electrons. The first kappa shape index (κ1) is 20.5. The Morgan fingerprint density at radius 2 is 2.16 bits per heavy atom. The Balaban J connectivity index is 0.00000151. The predicted octanol–water partition coefficient (Wildman–Crippen LogP) is 5.60. The number of ether oxygens (including phenoxy) is 1. The minimum Gasteiger partial charge on any atom is -0.469 e. The molecule has 25 heavy (non-hydrogen) atoms. The third-order valence-electron chi connectivity index (χ3n) is 3.95. The number of hydrogen-bond acceptors (Lipinski definition) is 3. The number of nitriles is 1. The number of benzene rings is 1. The molecule has 0 spiro atoms. The maximum absolute atomic E-state index is 13.4. The van der Waals surface area contributed by atoms with Crippen LogP contribution in [-0.2, 0) is 4.74 Å². The van der Waals surface area contributed by atoms with Gasteiger partial charge in [-0.3, -0.25) is 0 Å². The molecule has 0 unspecified atom stereocenters. The van der Waals surface area contributed by atoms with Crippen LogP contribution in [0, 0.1) is 11.3 Å². The Morgan fingerprint density at radius 1 is 1.44 bits per heavy atom. The smallest absolute Gasteiger partial charge is 0.119 e. The van der Waals surface area contributed by atoms with Crippen molar-refractivity contribution in [1.29, 1.82) is 5.26 Å². The summed E-state index contributed by atoms with van der Waals surface area (Å²) >= 11 is 0. The molecule has 0 saturated carbocycles. The number of alkyl halides is 1. The van der Waals surface area contributed by atoms with Gasteiger partial charge in [0.2, 0.25) is 0 Å². The van der Waals surface area contributed by atoms with Crippen molar-refractivity contribution < 1.29 is 9.13 Å². The van der Waals surface area contributed by atoms with Crippen molar-refractivity contribution in [1.82, 2.24) is 0 Å². The normalized spacial score (nSPS) is 16.9. The fraction of sp³-hybridized carbons (Fsp3) is 0.381. The molecular formula is C21H27FN2O. The highest BCUT2D eigenvalue weighted by molar-refractivity contribution is 5.78. The number of allylic oxidation sites excluding steroid dienone is 3. The molecule has 4 heteroatoms. The van der Waals surface area contributed by atoms with Gasteiger partial charge < -0.3 is 9.64 Å². The number of anilines is 1. The fourth-order valence-electron chi connectivity index (χ4n) is 2.84. The second kappa shape index (κ2) is 10.4. The van der Waals surface area contributed by atoms with E-state index in [1.54, 1.807) is 12.1 Å². The Hall–Kier alpha value is -2.54. The molecule has 0 aromatic heterocycles. The zero-order valence-electron chi connectivity index (χ0n) is 15.4. The van der Waals surface area contributed by atoms with Crippen molar-refractivity contribution in [2.24, 2.45) is 0 Å². The van der Waals surface area contributed by atoms with E-state index < -0.39 is 6.17 Å². The van der Waals surface area contributed by atoms with Crippen LogP contribution in [0.2, 0.25) is 0 Å². The summed E-state index contributed by atoms with van der Waals surface area (Å²) in [6, 6.07) is 7.81. The first-order chi connectivity index (χ1) is 12.1. The highest BCUT2D eigenvalue weighted by atomic mass is 19.1. The zero-order valence-corrected chi connectivity index (χ0v) is 15.4. The second-order valence-corrected chi connectivity index (χ2v) is 5.35.